The predicted molar refractivity (Wildman–Crippen MR) is 113 cm³/mol. The number of carbonyl (C=O) groups excluding carboxylic acids is 1. The number of rotatable bonds is 6. The normalized spacial score (nSPS) is 11.0. The summed E-state index contributed by atoms with van der Waals surface area (Å²) in [5, 5.41) is 11.4. The zero-order chi connectivity index (χ0) is 21.1. The van der Waals surface area contributed by atoms with Gasteiger partial charge in [-0.15, -0.1) is 5.10 Å². The van der Waals surface area contributed by atoms with Crippen LogP contribution in [-0.4, -0.2) is 30.5 Å². The average molecular weight is 423 g/mol. The van der Waals surface area contributed by atoms with E-state index in [0.29, 0.717) is 23.8 Å². The topological polar surface area (TPSA) is 94.7 Å². The number of nitrogens with one attached hydrogen (secondary N) is 1. The van der Waals surface area contributed by atoms with Gasteiger partial charge in [0.25, 0.3) is 5.56 Å². The van der Waals surface area contributed by atoms with Crippen LogP contribution < -0.4 is 10.9 Å². The Bertz CT molecular complexity index is 1250. The standard InChI is InChI=1S/C21H19ClN6O2/c1-14-2-4-15(5-3-14)10-23-18(29)12-27-13-24-20-19(21(27)30)25-26-28(20)11-16-6-8-17(22)9-7-16/h2-9,13H,10-12H2,1H3,(H,23,29). The highest BCUT2D eigenvalue weighted by molar-refractivity contribution is 6.30. The molecule has 9 heteroatoms. The number of halogens is 1. The van der Waals surface area contributed by atoms with Gasteiger partial charge in [0.05, 0.1) is 6.54 Å². The number of carbonyl (C=O) groups is 1. The molecular weight excluding hydrogens is 404 g/mol. The van der Waals surface area contributed by atoms with Gasteiger partial charge in [0.1, 0.15) is 12.9 Å². The first kappa shape index (κ1) is 19.8. The van der Waals surface area contributed by atoms with Gasteiger partial charge in [-0.1, -0.05) is 58.8 Å². The first-order chi connectivity index (χ1) is 14.5. The van der Waals surface area contributed by atoms with Gasteiger partial charge in [0.15, 0.2) is 11.2 Å². The van der Waals surface area contributed by atoms with Crippen LogP contribution in [0.1, 0.15) is 16.7 Å². The van der Waals surface area contributed by atoms with Crippen molar-refractivity contribution in [1.29, 1.82) is 0 Å². The number of fused-ring (bicyclic) bond motifs is 1. The molecule has 0 atom stereocenters. The van der Waals surface area contributed by atoms with Crippen LogP contribution in [0.2, 0.25) is 5.02 Å². The maximum atomic E-state index is 12.7. The molecule has 0 unspecified atom stereocenters. The predicted octanol–water partition coefficient (Wildman–Crippen LogP) is 2.31. The largest absolute Gasteiger partial charge is 0.350 e. The third-order valence-corrected chi connectivity index (χ3v) is 4.91. The molecule has 1 N–H and O–H groups in total. The third kappa shape index (κ3) is 4.38. The summed E-state index contributed by atoms with van der Waals surface area (Å²) in [6.07, 6.45) is 1.35. The summed E-state index contributed by atoms with van der Waals surface area (Å²) in [6, 6.07) is 15.2. The van der Waals surface area contributed by atoms with E-state index in [2.05, 4.69) is 20.6 Å². The Hall–Kier alpha value is -3.52. The highest BCUT2D eigenvalue weighted by Gasteiger charge is 2.14. The SMILES string of the molecule is Cc1ccc(CNC(=O)Cn2cnc3c(nnn3Cc3ccc(Cl)cc3)c2=O)cc1. The van der Waals surface area contributed by atoms with Gasteiger partial charge < -0.3 is 5.32 Å². The van der Waals surface area contributed by atoms with Crippen LogP contribution in [0.25, 0.3) is 11.2 Å². The zero-order valence-electron chi connectivity index (χ0n) is 16.2. The number of amides is 1. The van der Waals surface area contributed by atoms with Crippen molar-refractivity contribution in [2.24, 2.45) is 0 Å². The van der Waals surface area contributed by atoms with E-state index in [4.69, 9.17) is 11.6 Å². The van der Waals surface area contributed by atoms with Gasteiger partial charge in [0, 0.05) is 11.6 Å². The van der Waals surface area contributed by atoms with E-state index in [9.17, 15) is 9.59 Å². The van der Waals surface area contributed by atoms with Crippen LogP contribution >= 0.6 is 11.6 Å². The molecule has 1 amide bonds. The summed E-state index contributed by atoms with van der Waals surface area (Å²) in [5.74, 6) is -0.285. The molecule has 0 saturated heterocycles. The maximum Gasteiger partial charge on any atom is 0.283 e. The molecule has 0 spiro atoms. The van der Waals surface area contributed by atoms with Crippen LogP contribution in [0.4, 0.5) is 0 Å². The smallest absolute Gasteiger partial charge is 0.283 e. The number of hydrogen-bond acceptors (Lipinski definition) is 5. The van der Waals surface area contributed by atoms with Crippen LogP contribution in [-0.2, 0) is 24.4 Å². The molecule has 0 bridgehead atoms. The van der Waals surface area contributed by atoms with Crippen molar-refractivity contribution in [1.82, 2.24) is 29.9 Å². The lowest BCUT2D eigenvalue weighted by Gasteiger charge is -2.08. The second-order valence-corrected chi connectivity index (χ2v) is 7.42. The summed E-state index contributed by atoms with van der Waals surface area (Å²) in [5.41, 5.74) is 3.17. The van der Waals surface area contributed by atoms with Gasteiger partial charge in [-0.25, -0.2) is 9.67 Å². The fourth-order valence-corrected chi connectivity index (χ4v) is 3.11. The molecule has 4 aromatic rings. The highest BCUT2D eigenvalue weighted by atomic mass is 35.5. The van der Waals surface area contributed by atoms with E-state index in [0.717, 1.165) is 16.7 Å². The number of aryl methyl sites for hydroxylation is 1. The summed E-state index contributed by atoms with van der Waals surface area (Å²) in [4.78, 5) is 29.3. The van der Waals surface area contributed by atoms with E-state index in [-0.39, 0.29) is 18.0 Å². The molecule has 2 heterocycles. The van der Waals surface area contributed by atoms with Gasteiger partial charge in [-0.05, 0) is 30.2 Å². The zero-order valence-corrected chi connectivity index (χ0v) is 17.0. The highest BCUT2D eigenvalue weighted by Crippen LogP contribution is 2.12. The maximum absolute atomic E-state index is 12.7. The molecule has 30 heavy (non-hydrogen) atoms. The fraction of sp³-hybridized carbons (Fsp3) is 0.190. The Morgan fingerprint density at radius 1 is 1.07 bits per heavy atom. The van der Waals surface area contributed by atoms with Crippen LogP contribution in [0.5, 0.6) is 0 Å². The van der Waals surface area contributed by atoms with E-state index in [1.54, 1.807) is 16.8 Å². The van der Waals surface area contributed by atoms with Gasteiger partial charge >= 0.3 is 0 Å². The Morgan fingerprint density at radius 3 is 2.50 bits per heavy atom. The number of aromatic nitrogens is 5. The molecule has 0 radical (unpaired) electrons. The number of benzene rings is 2. The van der Waals surface area contributed by atoms with Crippen LogP contribution in [0, 0.1) is 6.92 Å². The lowest BCUT2D eigenvalue weighted by molar-refractivity contribution is -0.121. The molecule has 2 aromatic carbocycles. The van der Waals surface area contributed by atoms with E-state index < -0.39 is 5.56 Å². The first-order valence-electron chi connectivity index (χ1n) is 9.35. The molecule has 0 aliphatic heterocycles. The monoisotopic (exact) mass is 422 g/mol. The molecule has 8 nitrogen and oxygen atoms in total. The van der Waals surface area contributed by atoms with E-state index >= 15 is 0 Å². The van der Waals surface area contributed by atoms with Crippen molar-refractivity contribution in [3.05, 3.63) is 86.9 Å². The Kier molecular flexibility index (Phi) is 5.58. The van der Waals surface area contributed by atoms with Crippen molar-refractivity contribution in [2.45, 2.75) is 26.6 Å². The van der Waals surface area contributed by atoms with Crippen molar-refractivity contribution in [3.8, 4) is 0 Å². The minimum absolute atomic E-state index is 0.123. The lowest BCUT2D eigenvalue weighted by atomic mass is 10.1. The molecule has 2 aromatic heterocycles. The van der Waals surface area contributed by atoms with Crippen molar-refractivity contribution < 1.29 is 4.79 Å². The third-order valence-electron chi connectivity index (χ3n) is 4.66. The summed E-state index contributed by atoms with van der Waals surface area (Å²) < 4.78 is 2.77. The molecule has 152 valence electrons. The van der Waals surface area contributed by atoms with Gasteiger partial charge in [0.2, 0.25) is 5.91 Å². The summed E-state index contributed by atoms with van der Waals surface area (Å²) in [7, 11) is 0. The molecule has 0 fully saturated rings. The minimum Gasteiger partial charge on any atom is -0.350 e. The van der Waals surface area contributed by atoms with Crippen molar-refractivity contribution in [2.75, 3.05) is 0 Å². The Morgan fingerprint density at radius 2 is 1.77 bits per heavy atom. The number of hydrogen-bond donors (Lipinski definition) is 1. The molecule has 0 aliphatic carbocycles. The second kappa shape index (κ2) is 8.46. The Labute approximate surface area is 177 Å². The molecule has 4 rings (SSSR count). The van der Waals surface area contributed by atoms with Gasteiger partial charge in [-0.2, -0.15) is 0 Å². The quantitative estimate of drug-likeness (QED) is 0.514. The van der Waals surface area contributed by atoms with Crippen LogP contribution in [0.15, 0.2) is 59.7 Å². The Balaban J connectivity index is 1.46. The summed E-state index contributed by atoms with van der Waals surface area (Å²) >= 11 is 5.91. The van der Waals surface area contributed by atoms with Crippen molar-refractivity contribution >= 4 is 28.7 Å². The fourth-order valence-electron chi connectivity index (χ4n) is 2.99. The lowest BCUT2D eigenvalue weighted by Crippen LogP contribution is -2.32. The summed E-state index contributed by atoms with van der Waals surface area (Å²) in [6.45, 7) is 2.66. The van der Waals surface area contributed by atoms with Gasteiger partial charge in [-0.3, -0.25) is 14.2 Å². The minimum atomic E-state index is -0.409. The average Bonchev–Trinajstić information content (AvgIpc) is 3.15. The molecule has 0 saturated carbocycles. The van der Waals surface area contributed by atoms with E-state index in [1.807, 2.05) is 43.3 Å². The number of nitrogens with zero attached hydrogens (tertiary/aromatic N) is 5. The second-order valence-electron chi connectivity index (χ2n) is 6.99. The van der Waals surface area contributed by atoms with Crippen molar-refractivity contribution in [3.63, 3.8) is 0 Å². The first-order valence-corrected chi connectivity index (χ1v) is 9.73. The van der Waals surface area contributed by atoms with Crippen LogP contribution in [0.3, 0.4) is 0 Å². The van der Waals surface area contributed by atoms with E-state index in [1.165, 1.54) is 10.9 Å². The molecular formula is C21H19ClN6O2. The molecule has 0 aliphatic rings.